The average molecular weight is 315 g/mol. The molecule has 2 heterocycles. The van der Waals surface area contributed by atoms with Gasteiger partial charge in [-0.25, -0.2) is 14.4 Å². The summed E-state index contributed by atoms with van der Waals surface area (Å²) in [5.41, 5.74) is 5.73. The molecule has 1 aromatic heterocycles. The molecule has 1 saturated heterocycles. The van der Waals surface area contributed by atoms with Crippen molar-refractivity contribution in [3.63, 3.8) is 0 Å². The SMILES string of the molecule is CC1(C)OB(c2cccc(-c3cnc(N)nc3)c2F)OC1(C)C. The fraction of sp³-hybridized carbons (Fsp3) is 0.375. The third kappa shape index (κ3) is 2.70. The molecular formula is C16H19BFN3O2. The van der Waals surface area contributed by atoms with Crippen molar-refractivity contribution in [3.05, 3.63) is 36.4 Å². The van der Waals surface area contributed by atoms with Gasteiger partial charge in [-0.05, 0) is 27.7 Å². The van der Waals surface area contributed by atoms with E-state index in [1.165, 1.54) is 12.4 Å². The maximum Gasteiger partial charge on any atom is 0.497 e. The fourth-order valence-corrected chi connectivity index (χ4v) is 2.40. The molecule has 0 radical (unpaired) electrons. The largest absolute Gasteiger partial charge is 0.497 e. The molecule has 1 aliphatic heterocycles. The summed E-state index contributed by atoms with van der Waals surface area (Å²) in [5, 5.41) is 0. The summed E-state index contributed by atoms with van der Waals surface area (Å²) < 4.78 is 26.8. The second-order valence-corrected chi connectivity index (χ2v) is 6.63. The van der Waals surface area contributed by atoms with Crippen LogP contribution >= 0.6 is 0 Å². The molecule has 0 spiro atoms. The smallest absolute Gasteiger partial charge is 0.399 e. The van der Waals surface area contributed by atoms with Crippen molar-refractivity contribution in [2.75, 3.05) is 5.73 Å². The van der Waals surface area contributed by atoms with Crippen LogP contribution in [0.5, 0.6) is 0 Å². The Morgan fingerprint density at radius 1 is 1.04 bits per heavy atom. The highest BCUT2D eigenvalue weighted by molar-refractivity contribution is 6.62. The van der Waals surface area contributed by atoms with Crippen molar-refractivity contribution in [2.24, 2.45) is 0 Å². The molecule has 7 heteroatoms. The molecule has 5 nitrogen and oxygen atoms in total. The Morgan fingerprint density at radius 3 is 2.17 bits per heavy atom. The average Bonchev–Trinajstić information content (AvgIpc) is 2.68. The number of halogens is 1. The molecule has 0 unspecified atom stereocenters. The van der Waals surface area contributed by atoms with E-state index in [2.05, 4.69) is 9.97 Å². The lowest BCUT2D eigenvalue weighted by molar-refractivity contribution is 0.00578. The van der Waals surface area contributed by atoms with E-state index in [1.807, 2.05) is 27.7 Å². The molecule has 0 bridgehead atoms. The van der Waals surface area contributed by atoms with Crippen LogP contribution in [0.1, 0.15) is 27.7 Å². The normalized spacial score (nSPS) is 19.1. The number of hydrogen-bond donors (Lipinski definition) is 1. The Bertz CT molecular complexity index is 719. The third-order valence-corrected chi connectivity index (χ3v) is 4.52. The minimum absolute atomic E-state index is 0.149. The molecule has 2 N–H and O–H groups in total. The number of hydrogen-bond acceptors (Lipinski definition) is 5. The summed E-state index contributed by atoms with van der Waals surface area (Å²) in [5.74, 6) is -0.254. The Labute approximate surface area is 135 Å². The summed E-state index contributed by atoms with van der Waals surface area (Å²) in [6, 6.07) is 5.09. The van der Waals surface area contributed by atoms with Crippen LogP contribution in [-0.4, -0.2) is 28.3 Å². The fourth-order valence-electron chi connectivity index (χ4n) is 2.40. The maximum absolute atomic E-state index is 15.0. The van der Waals surface area contributed by atoms with E-state index in [4.69, 9.17) is 15.0 Å². The van der Waals surface area contributed by atoms with Crippen LogP contribution in [0.25, 0.3) is 11.1 Å². The monoisotopic (exact) mass is 315 g/mol. The van der Waals surface area contributed by atoms with Gasteiger partial charge in [0.05, 0.1) is 11.2 Å². The molecule has 0 saturated carbocycles. The van der Waals surface area contributed by atoms with Crippen molar-refractivity contribution < 1.29 is 13.7 Å². The van der Waals surface area contributed by atoms with Crippen molar-refractivity contribution in [1.29, 1.82) is 0 Å². The van der Waals surface area contributed by atoms with Crippen LogP contribution in [0, 0.1) is 5.82 Å². The summed E-state index contributed by atoms with van der Waals surface area (Å²) in [7, 11) is -0.755. The van der Waals surface area contributed by atoms with Gasteiger partial charge < -0.3 is 15.0 Å². The number of nitrogen functional groups attached to an aromatic ring is 1. The molecule has 3 rings (SSSR count). The van der Waals surface area contributed by atoms with Gasteiger partial charge in [0.25, 0.3) is 0 Å². The molecule has 23 heavy (non-hydrogen) atoms. The molecule has 1 aliphatic rings. The zero-order chi connectivity index (χ0) is 16.8. The molecule has 0 amide bonds. The molecule has 0 aliphatic carbocycles. The van der Waals surface area contributed by atoms with Gasteiger partial charge >= 0.3 is 7.12 Å². The standard InChI is InChI=1S/C16H19BFN3O2/c1-15(2)16(3,4)23-17(22-15)12-7-5-6-11(13(12)18)10-8-20-14(19)21-9-10/h5-9H,1-4H3,(H2,19,20,21). The lowest BCUT2D eigenvalue weighted by atomic mass is 9.77. The van der Waals surface area contributed by atoms with Crippen LogP contribution in [0.15, 0.2) is 30.6 Å². The van der Waals surface area contributed by atoms with Gasteiger partial charge in [0.1, 0.15) is 5.82 Å². The summed E-state index contributed by atoms with van der Waals surface area (Å²) in [6.07, 6.45) is 2.99. The third-order valence-electron chi connectivity index (χ3n) is 4.52. The highest BCUT2D eigenvalue weighted by atomic mass is 19.1. The van der Waals surface area contributed by atoms with Crippen LogP contribution in [0.2, 0.25) is 0 Å². The van der Waals surface area contributed by atoms with E-state index in [1.54, 1.807) is 18.2 Å². The first kappa shape index (κ1) is 15.9. The Kier molecular flexibility index (Phi) is 3.65. The van der Waals surface area contributed by atoms with Crippen LogP contribution in [0.4, 0.5) is 10.3 Å². The lowest BCUT2D eigenvalue weighted by Crippen LogP contribution is -2.41. The second-order valence-electron chi connectivity index (χ2n) is 6.63. The van der Waals surface area contributed by atoms with E-state index in [0.717, 1.165) is 0 Å². The predicted octanol–water partition coefficient (Wildman–Crippen LogP) is 2.16. The number of nitrogens with zero attached hydrogens (tertiary/aromatic N) is 2. The van der Waals surface area contributed by atoms with Gasteiger partial charge in [0.15, 0.2) is 0 Å². The second kappa shape index (κ2) is 5.28. The van der Waals surface area contributed by atoms with Crippen LogP contribution in [-0.2, 0) is 9.31 Å². The first-order chi connectivity index (χ1) is 10.7. The van der Waals surface area contributed by atoms with Gasteiger partial charge in [-0.15, -0.1) is 0 Å². The first-order valence-electron chi connectivity index (χ1n) is 7.43. The van der Waals surface area contributed by atoms with Crippen LogP contribution < -0.4 is 11.2 Å². The van der Waals surface area contributed by atoms with Crippen molar-refractivity contribution in [3.8, 4) is 11.1 Å². The van der Waals surface area contributed by atoms with Gasteiger partial charge in [-0.1, -0.05) is 18.2 Å². The molecule has 0 atom stereocenters. The number of rotatable bonds is 2. The molecule has 120 valence electrons. The number of aromatic nitrogens is 2. The molecule has 1 aromatic carbocycles. The van der Waals surface area contributed by atoms with Gasteiger partial charge in [-0.2, -0.15) is 0 Å². The highest BCUT2D eigenvalue weighted by Crippen LogP contribution is 2.37. The van der Waals surface area contributed by atoms with Crippen molar-refractivity contribution >= 4 is 18.5 Å². The first-order valence-corrected chi connectivity index (χ1v) is 7.43. The van der Waals surface area contributed by atoms with Crippen molar-refractivity contribution in [1.82, 2.24) is 9.97 Å². The summed E-state index contributed by atoms with van der Waals surface area (Å²) in [6.45, 7) is 7.73. The van der Waals surface area contributed by atoms with Crippen molar-refractivity contribution in [2.45, 2.75) is 38.9 Å². The number of anilines is 1. The zero-order valence-corrected chi connectivity index (χ0v) is 13.6. The molecule has 2 aromatic rings. The van der Waals surface area contributed by atoms with E-state index < -0.39 is 24.1 Å². The maximum atomic E-state index is 15.0. The Hall–Kier alpha value is -1.99. The summed E-state index contributed by atoms with van der Waals surface area (Å²) in [4.78, 5) is 7.81. The Morgan fingerprint density at radius 2 is 1.61 bits per heavy atom. The predicted molar refractivity (Wildman–Crippen MR) is 87.6 cm³/mol. The van der Waals surface area contributed by atoms with Gasteiger partial charge in [0.2, 0.25) is 5.95 Å². The minimum Gasteiger partial charge on any atom is -0.399 e. The van der Waals surface area contributed by atoms with Gasteiger partial charge in [0, 0.05) is 29.0 Å². The Balaban J connectivity index is 2.00. The highest BCUT2D eigenvalue weighted by Gasteiger charge is 2.52. The van der Waals surface area contributed by atoms with E-state index in [-0.39, 0.29) is 5.95 Å². The number of benzene rings is 1. The lowest BCUT2D eigenvalue weighted by Gasteiger charge is -2.32. The van der Waals surface area contributed by atoms with E-state index >= 15 is 0 Å². The quantitative estimate of drug-likeness (QED) is 0.860. The van der Waals surface area contributed by atoms with Gasteiger partial charge in [-0.3, -0.25) is 0 Å². The van der Waals surface area contributed by atoms with E-state index in [9.17, 15) is 4.39 Å². The van der Waals surface area contributed by atoms with E-state index in [0.29, 0.717) is 16.6 Å². The van der Waals surface area contributed by atoms with Crippen LogP contribution in [0.3, 0.4) is 0 Å². The zero-order valence-electron chi connectivity index (χ0n) is 13.6. The minimum atomic E-state index is -0.755. The summed E-state index contributed by atoms with van der Waals surface area (Å²) >= 11 is 0. The molecule has 1 fully saturated rings. The topological polar surface area (TPSA) is 70.3 Å². The number of nitrogens with two attached hydrogens (primary N) is 1. The molecular weight excluding hydrogens is 296 g/mol.